The second-order valence-corrected chi connectivity index (χ2v) is 9.65. The van der Waals surface area contributed by atoms with Crippen molar-refractivity contribution in [3.8, 4) is 5.75 Å². The van der Waals surface area contributed by atoms with E-state index in [1.165, 1.54) is 5.56 Å². The van der Waals surface area contributed by atoms with Crippen molar-refractivity contribution in [2.75, 3.05) is 16.8 Å². The summed E-state index contributed by atoms with van der Waals surface area (Å²) < 4.78 is 5.88. The van der Waals surface area contributed by atoms with Gasteiger partial charge >= 0.3 is 0 Å². The Morgan fingerprint density at radius 2 is 1.47 bits per heavy atom. The standard InChI is InChI=1S/C33H32N2O3/c1-24-33(37)35(21-11-14-25-12-5-2-6-13-25)30-22-28(19-20-31(30)38-24)34-32(36)23-29(26-15-7-3-8-16-26)27-17-9-4-10-18-27/h2-10,12-13,15-20,22,24,29H,11,14,21,23H2,1H3,(H,34,36). The molecule has 0 aromatic heterocycles. The molecule has 0 saturated heterocycles. The lowest BCUT2D eigenvalue weighted by molar-refractivity contribution is -0.125. The Labute approximate surface area is 224 Å². The number of nitrogens with one attached hydrogen (secondary N) is 1. The van der Waals surface area contributed by atoms with Gasteiger partial charge in [-0.15, -0.1) is 0 Å². The lowest BCUT2D eigenvalue weighted by Gasteiger charge is -2.33. The number of aryl methyl sites for hydroxylation is 1. The van der Waals surface area contributed by atoms with E-state index in [9.17, 15) is 9.59 Å². The Kier molecular flexibility index (Phi) is 7.84. The van der Waals surface area contributed by atoms with E-state index in [-0.39, 0.29) is 17.7 Å². The second kappa shape index (κ2) is 11.8. The molecule has 5 rings (SSSR count). The van der Waals surface area contributed by atoms with E-state index in [2.05, 4.69) is 41.7 Å². The van der Waals surface area contributed by atoms with Crippen molar-refractivity contribution in [3.05, 3.63) is 126 Å². The summed E-state index contributed by atoms with van der Waals surface area (Å²) in [5.74, 6) is 0.438. The van der Waals surface area contributed by atoms with Gasteiger partial charge in [0.2, 0.25) is 5.91 Å². The molecule has 1 unspecified atom stereocenters. The van der Waals surface area contributed by atoms with Gasteiger partial charge in [0.25, 0.3) is 5.91 Å². The minimum absolute atomic E-state index is 0.0599. The van der Waals surface area contributed by atoms with Crippen LogP contribution in [0.4, 0.5) is 11.4 Å². The third-order valence-electron chi connectivity index (χ3n) is 6.93. The molecule has 4 aromatic rings. The maximum absolute atomic E-state index is 13.2. The van der Waals surface area contributed by atoms with E-state index in [0.717, 1.165) is 24.0 Å². The molecule has 1 heterocycles. The fraction of sp³-hybridized carbons (Fsp3) is 0.212. The zero-order valence-corrected chi connectivity index (χ0v) is 21.5. The third kappa shape index (κ3) is 5.94. The van der Waals surface area contributed by atoms with E-state index >= 15 is 0 Å². The summed E-state index contributed by atoms with van der Waals surface area (Å²) in [6.07, 6.45) is 1.47. The molecule has 5 heteroatoms. The Balaban J connectivity index is 1.31. The Bertz CT molecular complexity index is 1330. The molecular formula is C33H32N2O3. The van der Waals surface area contributed by atoms with E-state index in [1.54, 1.807) is 11.8 Å². The summed E-state index contributed by atoms with van der Waals surface area (Å²) in [7, 11) is 0. The largest absolute Gasteiger partial charge is 0.479 e. The highest BCUT2D eigenvalue weighted by molar-refractivity contribution is 6.01. The zero-order valence-electron chi connectivity index (χ0n) is 21.5. The quantitative estimate of drug-likeness (QED) is 0.280. The van der Waals surface area contributed by atoms with Crippen molar-refractivity contribution < 1.29 is 14.3 Å². The molecule has 38 heavy (non-hydrogen) atoms. The minimum Gasteiger partial charge on any atom is -0.479 e. The molecule has 0 saturated carbocycles. The number of hydrogen-bond acceptors (Lipinski definition) is 3. The summed E-state index contributed by atoms with van der Waals surface area (Å²) in [4.78, 5) is 28.1. The predicted molar refractivity (Wildman–Crippen MR) is 152 cm³/mol. The van der Waals surface area contributed by atoms with Gasteiger partial charge in [-0.05, 0) is 54.7 Å². The van der Waals surface area contributed by atoms with E-state index in [1.807, 2.05) is 72.8 Å². The summed E-state index contributed by atoms with van der Waals surface area (Å²) in [5.41, 5.74) is 4.77. The molecule has 1 aliphatic rings. The van der Waals surface area contributed by atoms with Crippen LogP contribution in [0.5, 0.6) is 5.75 Å². The van der Waals surface area contributed by atoms with Crippen molar-refractivity contribution in [2.45, 2.75) is 38.2 Å². The van der Waals surface area contributed by atoms with Crippen LogP contribution in [0.25, 0.3) is 0 Å². The van der Waals surface area contributed by atoms with Crippen LogP contribution in [-0.4, -0.2) is 24.5 Å². The van der Waals surface area contributed by atoms with Crippen molar-refractivity contribution in [2.24, 2.45) is 0 Å². The van der Waals surface area contributed by atoms with Gasteiger partial charge in [0.05, 0.1) is 5.69 Å². The molecule has 192 valence electrons. The SMILES string of the molecule is CC1Oc2ccc(NC(=O)CC(c3ccccc3)c3ccccc3)cc2N(CCCc2ccccc2)C1=O. The van der Waals surface area contributed by atoms with Crippen LogP contribution in [0, 0.1) is 0 Å². The monoisotopic (exact) mass is 504 g/mol. The van der Waals surface area contributed by atoms with Gasteiger partial charge in [0.15, 0.2) is 6.10 Å². The number of hydrogen-bond donors (Lipinski definition) is 1. The summed E-state index contributed by atoms with van der Waals surface area (Å²) >= 11 is 0. The maximum Gasteiger partial charge on any atom is 0.267 e. The number of carbonyl (C=O) groups is 2. The first-order chi connectivity index (χ1) is 18.6. The van der Waals surface area contributed by atoms with Crippen molar-refractivity contribution in [1.82, 2.24) is 0 Å². The van der Waals surface area contributed by atoms with Gasteiger partial charge in [-0.3, -0.25) is 9.59 Å². The fourth-order valence-electron chi connectivity index (χ4n) is 5.00. The second-order valence-electron chi connectivity index (χ2n) is 9.65. The number of amides is 2. The normalized spacial score (nSPS) is 14.6. The van der Waals surface area contributed by atoms with E-state index < -0.39 is 6.10 Å². The van der Waals surface area contributed by atoms with Crippen molar-refractivity contribution >= 4 is 23.2 Å². The highest BCUT2D eigenvalue weighted by Gasteiger charge is 2.31. The van der Waals surface area contributed by atoms with E-state index in [4.69, 9.17) is 4.74 Å². The molecule has 0 radical (unpaired) electrons. The average Bonchev–Trinajstić information content (AvgIpc) is 2.95. The number of carbonyl (C=O) groups excluding carboxylic acids is 2. The van der Waals surface area contributed by atoms with E-state index in [0.29, 0.717) is 30.1 Å². The highest BCUT2D eigenvalue weighted by atomic mass is 16.5. The number of nitrogens with zero attached hydrogens (tertiary/aromatic N) is 1. The number of benzene rings is 4. The Morgan fingerprint density at radius 1 is 0.868 bits per heavy atom. The van der Waals surface area contributed by atoms with Gasteiger partial charge < -0.3 is 15.0 Å². The van der Waals surface area contributed by atoms with Crippen LogP contribution < -0.4 is 15.0 Å². The molecule has 5 nitrogen and oxygen atoms in total. The number of anilines is 2. The molecule has 1 N–H and O–H groups in total. The topological polar surface area (TPSA) is 58.6 Å². The molecule has 2 amide bonds. The van der Waals surface area contributed by atoms with Crippen LogP contribution in [0.2, 0.25) is 0 Å². The first-order valence-corrected chi connectivity index (χ1v) is 13.1. The zero-order chi connectivity index (χ0) is 26.3. The molecule has 1 aliphatic heterocycles. The number of fused-ring (bicyclic) bond motifs is 1. The van der Waals surface area contributed by atoms with Crippen LogP contribution in [-0.2, 0) is 16.0 Å². The molecule has 0 fully saturated rings. The van der Waals surface area contributed by atoms with Gasteiger partial charge in [-0.1, -0.05) is 91.0 Å². The average molecular weight is 505 g/mol. The Morgan fingerprint density at radius 3 is 2.11 bits per heavy atom. The smallest absolute Gasteiger partial charge is 0.267 e. The van der Waals surface area contributed by atoms with Crippen molar-refractivity contribution in [1.29, 1.82) is 0 Å². The summed E-state index contributed by atoms with van der Waals surface area (Å²) in [5, 5.41) is 3.06. The third-order valence-corrected chi connectivity index (χ3v) is 6.93. The minimum atomic E-state index is -0.544. The molecule has 4 aromatic carbocycles. The van der Waals surface area contributed by atoms with Gasteiger partial charge in [0.1, 0.15) is 5.75 Å². The van der Waals surface area contributed by atoms with Crippen molar-refractivity contribution in [3.63, 3.8) is 0 Å². The fourth-order valence-corrected chi connectivity index (χ4v) is 5.00. The lowest BCUT2D eigenvalue weighted by atomic mass is 9.88. The lowest BCUT2D eigenvalue weighted by Crippen LogP contribution is -2.45. The highest BCUT2D eigenvalue weighted by Crippen LogP contribution is 2.37. The first-order valence-electron chi connectivity index (χ1n) is 13.1. The van der Waals surface area contributed by atoms with Crippen LogP contribution in [0.1, 0.15) is 42.4 Å². The molecule has 1 atom stereocenters. The van der Waals surface area contributed by atoms with Gasteiger partial charge in [-0.25, -0.2) is 0 Å². The molecule has 0 spiro atoms. The van der Waals surface area contributed by atoms with Gasteiger partial charge in [0, 0.05) is 24.6 Å². The summed E-state index contributed by atoms with van der Waals surface area (Å²) in [6.45, 7) is 2.36. The first kappa shape index (κ1) is 25.3. The predicted octanol–water partition coefficient (Wildman–Crippen LogP) is 6.59. The number of ether oxygens (including phenoxy) is 1. The van der Waals surface area contributed by atoms with Gasteiger partial charge in [-0.2, -0.15) is 0 Å². The van der Waals surface area contributed by atoms with Crippen LogP contribution >= 0.6 is 0 Å². The maximum atomic E-state index is 13.2. The Hall–Kier alpha value is -4.38. The number of rotatable bonds is 9. The molecule has 0 aliphatic carbocycles. The summed E-state index contributed by atoms with van der Waals surface area (Å²) in [6, 6.07) is 36.0. The molecular weight excluding hydrogens is 472 g/mol. The molecule has 0 bridgehead atoms. The van der Waals surface area contributed by atoms with Crippen LogP contribution in [0.3, 0.4) is 0 Å². The van der Waals surface area contributed by atoms with Crippen LogP contribution in [0.15, 0.2) is 109 Å².